The third kappa shape index (κ3) is 3.78. The van der Waals surface area contributed by atoms with E-state index in [1.807, 2.05) is 30.3 Å². The zero-order chi connectivity index (χ0) is 18.0. The Balaban J connectivity index is 1.42. The quantitative estimate of drug-likeness (QED) is 0.876. The Hall–Kier alpha value is -1.47. The molecule has 2 saturated heterocycles. The number of sulfonamides is 1. The molecule has 0 spiro atoms. The molecule has 1 N–H and O–H groups in total. The molecular weight excluding hydrogens is 348 g/mol. The van der Waals surface area contributed by atoms with E-state index in [9.17, 15) is 8.42 Å². The highest BCUT2D eigenvalue weighted by atomic mass is 32.2. The molecule has 26 heavy (non-hydrogen) atoms. The molecule has 6 heteroatoms. The summed E-state index contributed by atoms with van der Waals surface area (Å²) in [5.74, 6) is 0. The lowest BCUT2D eigenvalue weighted by Gasteiger charge is -2.34. The van der Waals surface area contributed by atoms with Gasteiger partial charge in [-0.15, -0.1) is 0 Å². The number of hydrogen-bond donors (Lipinski definition) is 1. The highest BCUT2D eigenvalue weighted by Crippen LogP contribution is 2.22. The van der Waals surface area contributed by atoms with Crippen LogP contribution in [0.3, 0.4) is 0 Å². The van der Waals surface area contributed by atoms with E-state index in [0.717, 1.165) is 43.4 Å². The van der Waals surface area contributed by atoms with Crippen LogP contribution in [0.25, 0.3) is 10.8 Å². The van der Waals surface area contributed by atoms with Crippen molar-refractivity contribution in [2.45, 2.75) is 30.3 Å². The Morgan fingerprint density at radius 1 is 1.04 bits per heavy atom. The number of quaternary nitrogens is 1. The lowest BCUT2D eigenvalue weighted by molar-refractivity contribution is -0.907. The molecule has 1 atom stereocenters. The largest absolute Gasteiger partial charge is 0.372 e. The second-order valence-electron chi connectivity index (χ2n) is 7.36. The van der Waals surface area contributed by atoms with Crippen LogP contribution >= 0.6 is 0 Å². The average Bonchev–Trinajstić information content (AvgIpc) is 2.69. The molecular formula is C20H27N2O3S+. The minimum Gasteiger partial charge on any atom is -0.372 e. The minimum atomic E-state index is -3.42. The van der Waals surface area contributed by atoms with Crippen molar-refractivity contribution in [2.24, 2.45) is 0 Å². The van der Waals surface area contributed by atoms with Crippen LogP contribution in [0, 0.1) is 0 Å². The van der Waals surface area contributed by atoms with Crippen LogP contribution in [0.15, 0.2) is 47.4 Å². The van der Waals surface area contributed by atoms with Gasteiger partial charge in [0.2, 0.25) is 10.0 Å². The number of rotatable bonds is 4. The van der Waals surface area contributed by atoms with Crippen molar-refractivity contribution in [1.29, 1.82) is 0 Å². The minimum absolute atomic E-state index is 0.349. The van der Waals surface area contributed by atoms with Crippen LogP contribution < -0.4 is 4.90 Å². The Labute approximate surface area is 155 Å². The zero-order valence-electron chi connectivity index (χ0n) is 15.1. The summed E-state index contributed by atoms with van der Waals surface area (Å²) in [5, 5.41) is 2.03. The highest BCUT2D eigenvalue weighted by molar-refractivity contribution is 7.89. The fourth-order valence-corrected chi connectivity index (χ4v) is 5.49. The summed E-state index contributed by atoms with van der Waals surface area (Å²) in [5.41, 5.74) is 0. The molecule has 2 aliphatic rings. The summed E-state index contributed by atoms with van der Waals surface area (Å²) >= 11 is 0. The summed E-state index contributed by atoms with van der Waals surface area (Å²) in [7, 11) is -3.42. The van der Waals surface area contributed by atoms with Gasteiger partial charge in [-0.3, -0.25) is 0 Å². The molecule has 0 radical (unpaired) electrons. The van der Waals surface area contributed by atoms with Crippen LogP contribution in [0.1, 0.15) is 19.3 Å². The van der Waals surface area contributed by atoms with Crippen molar-refractivity contribution < 1.29 is 18.1 Å². The molecule has 0 amide bonds. The fourth-order valence-electron chi connectivity index (χ4n) is 4.01. The molecule has 2 aromatic carbocycles. The van der Waals surface area contributed by atoms with E-state index in [4.69, 9.17) is 4.74 Å². The van der Waals surface area contributed by atoms with Crippen molar-refractivity contribution in [3.8, 4) is 0 Å². The van der Waals surface area contributed by atoms with E-state index in [2.05, 4.69) is 0 Å². The van der Waals surface area contributed by atoms with Gasteiger partial charge in [-0.05, 0) is 42.2 Å². The first kappa shape index (κ1) is 17.9. The standard InChI is InChI=1S/C20H26N2O3S/c23-26(24,20-9-8-17-5-1-2-6-18(17)15-20)22-12-10-21(11-13-22)16-19-7-3-4-14-25-19/h1-2,5-6,8-9,15,19H,3-4,7,10-14,16H2/p+1/t19-/m0/s1. The second-order valence-corrected chi connectivity index (χ2v) is 9.29. The van der Waals surface area contributed by atoms with Gasteiger partial charge in [0.25, 0.3) is 0 Å². The van der Waals surface area contributed by atoms with E-state index in [1.165, 1.54) is 17.7 Å². The van der Waals surface area contributed by atoms with Gasteiger partial charge in [0.15, 0.2) is 0 Å². The number of nitrogens with one attached hydrogen (secondary N) is 1. The lowest BCUT2D eigenvalue weighted by atomic mass is 10.1. The molecule has 0 aliphatic carbocycles. The molecule has 140 valence electrons. The van der Waals surface area contributed by atoms with Gasteiger partial charge >= 0.3 is 0 Å². The maximum atomic E-state index is 13.0. The Morgan fingerprint density at radius 2 is 1.81 bits per heavy atom. The molecule has 4 rings (SSSR count). The molecule has 0 aromatic heterocycles. The maximum absolute atomic E-state index is 13.0. The van der Waals surface area contributed by atoms with Crippen LogP contribution in [-0.2, 0) is 14.8 Å². The number of ether oxygens (including phenoxy) is 1. The fraction of sp³-hybridized carbons (Fsp3) is 0.500. The van der Waals surface area contributed by atoms with Crippen LogP contribution in [0.5, 0.6) is 0 Å². The van der Waals surface area contributed by atoms with Gasteiger partial charge in [0.05, 0.1) is 31.1 Å². The van der Waals surface area contributed by atoms with Gasteiger partial charge in [-0.2, -0.15) is 4.31 Å². The third-order valence-corrected chi connectivity index (χ3v) is 7.47. The van der Waals surface area contributed by atoms with Gasteiger partial charge in [-0.25, -0.2) is 8.42 Å². The molecule has 0 saturated carbocycles. The van der Waals surface area contributed by atoms with Crippen LogP contribution in [0.4, 0.5) is 0 Å². The summed E-state index contributed by atoms with van der Waals surface area (Å²) in [4.78, 5) is 1.86. The summed E-state index contributed by atoms with van der Waals surface area (Å²) in [6.45, 7) is 4.75. The first-order valence-corrected chi connectivity index (χ1v) is 11.0. The Kier molecular flexibility index (Phi) is 5.27. The molecule has 0 bridgehead atoms. The first-order valence-electron chi connectivity index (χ1n) is 9.57. The number of piperazine rings is 1. The monoisotopic (exact) mass is 375 g/mol. The van der Waals surface area contributed by atoms with E-state index < -0.39 is 10.0 Å². The van der Waals surface area contributed by atoms with E-state index >= 15 is 0 Å². The molecule has 2 heterocycles. The Morgan fingerprint density at radius 3 is 2.54 bits per heavy atom. The van der Waals surface area contributed by atoms with E-state index in [0.29, 0.717) is 24.1 Å². The molecule has 2 aliphatic heterocycles. The normalized spacial score (nSPS) is 23.3. The third-order valence-electron chi connectivity index (χ3n) is 5.58. The van der Waals surface area contributed by atoms with Gasteiger partial charge in [-0.1, -0.05) is 30.3 Å². The molecule has 2 fully saturated rings. The van der Waals surface area contributed by atoms with E-state index in [1.54, 1.807) is 16.4 Å². The predicted molar refractivity (Wildman–Crippen MR) is 102 cm³/mol. The molecule has 2 aromatic rings. The van der Waals surface area contributed by atoms with Crippen molar-refractivity contribution in [3.05, 3.63) is 42.5 Å². The Bertz CT molecular complexity index is 854. The van der Waals surface area contributed by atoms with Crippen molar-refractivity contribution in [1.82, 2.24) is 4.31 Å². The highest BCUT2D eigenvalue weighted by Gasteiger charge is 2.31. The number of hydrogen-bond acceptors (Lipinski definition) is 3. The second kappa shape index (κ2) is 7.64. The van der Waals surface area contributed by atoms with Crippen molar-refractivity contribution in [2.75, 3.05) is 39.3 Å². The zero-order valence-corrected chi connectivity index (χ0v) is 15.9. The van der Waals surface area contributed by atoms with Crippen LogP contribution in [-0.4, -0.2) is 58.2 Å². The van der Waals surface area contributed by atoms with Gasteiger partial charge in [0, 0.05) is 6.61 Å². The maximum Gasteiger partial charge on any atom is 0.243 e. The SMILES string of the molecule is O=S(=O)(c1ccc2ccccc2c1)N1CC[NH+](C[C@@H]2CCCCO2)CC1. The first-order chi connectivity index (χ1) is 12.6. The van der Waals surface area contributed by atoms with Gasteiger partial charge in [0.1, 0.15) is 12.6 Å². The number of benzene rings is 2. The summed E-state index contributed by atoms with van der Waals surface area (Å²) in [6.07, 6.45) is 3.91. The molecule has 0 unspecified atom stereocenters. The molecule has 5 nitrogen and oxygen atoms in total. The van der Waals surface area contributed by atoms with E-state index in [-0.39, 0.29) is 0 Å². The summed E-state index contributed by atoms with van der Waals surface area (Å²) in [6, 6.07) is 13.3. The topological polar surface area (TPSA) is 51.0 Å². The van der Waals surface area contributed by atoms with Crippen LogP contribution in [0.2, 0.25) is 0 Å². The summed E-state index contributed by atoms with van der Waals surface area (Å²) < 4.78 is 33.5. The van der Waals surface area contributed by atoms with Crippen molar-refractivity contribution >= 4 is 20.8 Å². The number of fused-ring (bicyclic) bond motifs is 1. The predicted octanol–water partition coefficient (Wildman–Crippen LogP) is 1.30. The average molecular weight is 376 g/mol. The number of nitrogens with zero attached hydrogens (tertiary/aromatic N) is 1. The van der Waals surface area contributed by atoms with Crippen molar-refractivity contribution in [3.63, 3.8) is 0 Å². The van der Waals surface area contributed by atoms with Gasteiger partial charge < -0.3 is 9.64 Å². The lowest BCUT2D eigenvalue weighted by Crippen LogP contribution is -3.15. The smallest absolute Gasteiger partial charge is 0.243 e.